The average Bonchev–Trinajstić information content (AvgIpc) is 2.96. The highest BCUT2D eigenvalue weighted by atomic mass is 19.1. The van der Waals surface area contributed by atoms with Crippen LogP contribution in [0.1, 0.15) is 48.5 Å². The normalized spacial score (nSPS) is 19.4. The molecular weight excluding hydrogens is 365 g/mol. The molecule has 0 amide bonds. The van der Waals surface area contributed by atoms with Crippen LogP contribution in [0.3, 0.4) is 0 Å². The van der Waals surface area contributed by atoms with E-state index in [0.29, 0.717) is 16.9 Å². The summed E-state index contributed by atoms with van der Waals surface area (Å²) in [5, 5.41) is 10.8. The molecule has 5 heteroatoms. The molecule has 29 heavy (non-hydrogen) atoms. The number of anilines is 1. The Morgan fingerprint density at radius 2 is 1.79 bits per heavy atom. The maximum Gasteiger partial charge on any atom is 0.190 e. The lowest BCUT2D eigenvalue weighted by atomic mass is 9.92. The van der Waals surface area contributed by atoms with Gasteiger partial charge in [-0.1, -0.05) is 0 Å². The number of nitrogens with zero attached hydrogens (tertiary/aromatic N) is 2. The van der Waals surface area contributed by atoms with Gasteiger partial charge in [-0.2, -0.15) is 0 Å². The van der Waals surface area contributed by atoms with Gasteiger partial charge >= 0.3 is 0 Å². The van der Waals surface area contributed by atoms with Crippen LogP contribution < -0.4 is 5.73 Å². The third-order valence-corrected chi connectivity index (χ3v) is 6.42. The van der Waals surface area contributed by atoms with Crippen molar-refractivity contribution in [1.29, 1.82) is 0 Å². The summed E-state index contributed by atoms with van der Waals surface area (Å²) in [7, 11) is 0. The zero-order chi connectivity index (χ0) is 20.9. The summed E-state index contributed by atoms with van der Waals surface area (Å²) in [4.78, 5) is 3.67. The van der Waals surface area contributed by atoms with Gasteiger partial charge in [0.2, 0.25) is 0 Å². The minimum atomic E-state index is -0.303. The first-order valence-corrected chi connectivity index (χ1v) is 10.1. The Labute approximate surface area is 170 Å². The predicted molar refractivity (Wildman–Crippen MR) is 116 cm³/mol. The molecular formula is C24H26FN3O. The molecule has 3 aromatic rings. The molecule has 0 radical (unpaired) electrons. The van der Waals surface area contributed by atoms with E-state index in [2.05, 4.69) is 9.41 Å². The van der Waals surface area contributed by atoms with E-state index in [1.54, 1.807) is 6.07 Å². The number of hydrogen-bond donors (Lipinski definition) is 2. The van der Waals surface area contributed by atoms with E-state index >= 15 is 4.39 Å². The molecule has 1 heterocycles. The summed E-state index contributed by atoms with van der Waals surface area (Å²) in [5.74, 6) is -0.303. The summed E-state index contributed by atoms with van der Waals surface area (Å²) in [6, 6.07) is 7.19. The molecule has 1 aliphatic rings. The van der Waals surface area contributed by atoms with Crippen LogP contribution in [0.4, 0.5) is 15.8 Å². The monoisotopic (exact) mass is 391 g/mol. The molecule has 4 rings (SSSR count). The Hall–Kier alpha value is -2.84. The summed E-state index contributed by atoms with van der Waals surface area (Å²) >= 11 is 0. The summed E-state index contributed by atoms with van der Waals surface area (Å²) < 4.78 is 17.3. The minimum absolute atomic E-state index is 0.239. The fraction of sp³-hybridized carbons (Fsp3) is 0.375. The highest BCUT2D eigenvalue weighted by Crippen LogP contribution is 2.44. The van der Waals surface area contributed by atoms with Crippen molar-refractivity contribution < 1.29 is 9.50 Å². The third-order valence-electron chi connectivity index (χ3n) is 6.42. The Morgan fingerprint density at radius 3 is 2.45 bits per heavy atom. The van der Waals surface area contributed by atoms with Crippen LogP contribution in [0.2, 0.25) is 0 Å². The van der Waals surface area contributed by atoms with Crippen LogP contribution in [0.15, 0.2) is 24.3 Å². The largest absolute Gasteiger partial charge is 0.398 e. The van der Waals surface area contributed by atoms with Crippen LogP contribution in [-0.2, 0) is 0 Å². The van der Waals surface area contributed by atoms with Crippen molar-refractivity contribution in [3.8, 4) is 11.1 Å². The van der Waals surface area contributed by atoms with E-state index in [1.807, 2.05) is 32.9 Å². The molecule has 0 unspecified atom stereocenters. The van der Waals surface area contributed by atoms with Crippen LogP contribution in [0, 0.1) is 33.2 Å². The fourth-order valence-corrected chi connectivity index (χ4v) is 4.80. The van der Waals surface area contributed by atoms with Crippen molar-refractivity contribution in [3.05, 3.63) is 58.3 Å². The molecule has 1 aromatic heterocycles. The standard InChI is InChI=1S/C24H26FN3O/c1-13-11-22-18(12-21(13)27-4)24(23-14(2)20(26)10-9-19(23)25)15(3)28(22)16-5-7-17(29)8-6-16/h9-12,16-17,29H,5-8,26H2,1-3H3. The molecule has 3 N–H and O–H groups in total. The highest BCUT2D eigenvalue weighted by Gasteiger charge is 2.27. The van der Waals surface area contributed by atoms with E-state index < -0.39 is 0 Å². The van der Waals surface area contributed by atoms with Gasteiger partial charge < -0.3 is 15.4 Å². The summed E-state index contributed by atoms with van der Waals surface area (Å²) in [6.07, 6.45) is 3.06. The quantitative estimate of drug-likeness (QED) is 0.417. The van der Waals surface area contributed by atoms with E-state index in [-0.39, 0.29) is 18.0 Å². The first-order valence-electron chi connectivity index (χ1n) is 10.1. The number of halogens is 1. The molecule has 0 spiro atoms. The lowest BCUT2D eigenvalue weighted by molar-refractivity contribution is 0.111. The third kappa shape index (κ3) is 3.08. The van der Waals surface area contributed by atoms with Gasteiger partial charge in [0.05, 0.1) is 12.7 Å². The van der Waals surface area contributed by atoms with Gasteiger partial charge in [-0.15, -0.1) is 0 Å². The van der Waals surface area contributed by atoms with E-state index in [1.165, 1.54) is 6.07 Å². The Morgan fingerprint density at radius 1 is 1.10 bits per heavy atom. The van der Waals surface area contributed by atoms with E-state index in [9.17, 15) is 5.11 Å². The lowest BCUT2D eigenvalue weighted by Crippen LogP contribution is -2.21. The fourth-order valence-electron chi connectivity index (χ4n) is 4.80. The van der Waals surface area contributed by atoms with Crippen LogP contribution in [0.25, 0.3) is 26.9 Å². The topological polar surface area (TPSA) is 55.5 Å². The highest BCUT2D eigenvalue weighted by molar-refractivity contribution is 6.02. The molecule has 4 nitrogen and oxygen atoms in total. The van der Waals surface area contributed by atoms with Crippen molar-refractivity contribution in [2.24, 2.45) is 0 Å². The van der Waals surface area contributed by atoms with Gasteiger partial charge in [0.25, 0.3) is 0 Å². The molecule has 2 aromatic carbocycles. The number of aliphatic hydroxyl groups excluding tert-OH is 1. The number of rotatable bonds is 2. The molecule has 1 fully saturated rings. The summed E-state index contributed by atoms with van der Waals surface area (Å²) in [6.45, 7) is 13.3. The second-order valence-electron chi connectivity index (χ2n) is 8.20. The van der Waals surface area contributed by atoms with Crippen molar-refractivity contribution in [3.63, 3.8) is 0 Å². The number of aliphatic hydroxyl groups is 1. The minimum Gasteiger partial charge on any atom is -0.398 e. The van der Waals surface area contributed by atoms with Crippen LogP contribution >= 0.6 is 0 Å². The molecule has 0 saturated heterocycles. The molecule has 150 valence electrons. The van der Waals surface area contributed by atoms with Crippen molar-refractivity contribution in [1.82, 2.24) is 4.57 Å². The van der Waals surface area contributed by atoms with Crippen molar-refractivity contribution >= 4 is 22.3 Å². The van der Waals surface area contributed by atoms with E-state index in [0.717, 1.165) is 59.0 Å². The SMILES string of the molecule is [C-]#[N+]c1cc2c(-c3c(F)ccc(N)c3C)c(C)n(C3CCC(O)CC3)c2cc1C. The molecule has 0 bridgehead atoms. The van der Waals surface area contributed by atoms with Crippen LogP contribution in [0.5, 0.6) is 0 Å². The zero-order valence-corrected chi connectivity index (χ0v) is 17.1. The van der Waals surface area contributed by atoms with Crippen molar-refractivity contribution in [2.45, 2.75) is 58.6 Å². The smallest absolute Gasteiger partial charge is 0.190 e. The number of nitrogen functional groups attached to an aromatic ring is 1. The molecule has 0 atom stereocenters. The Bertz CT molecular complexity index is 1150. The van der Waals surface area contributed by atoms with Gasteiger partial charge in [0, 0.05) is 34.1 Å². The van der Waals surface area contributed by atoms with Gasteiger partial charge in [0.15, 0.2) is 5.69 Å². The second kappa shape index (κ2) is 7.20. The second-order valence-corrected chi connectivity index (χ2v) is 8.20. The molecule has 1 saturated carbocycles. The van der Waals surface area contributed by atoms with Gasteiger partial charge in [-0.3, -0.25) is 0 Å². The summed E-state index contributed by atoms with van der Waals surface area (Å²) in [5.41, 5.74) is 12.2. The molecule has 0 aliphatic heterocycles. The maximum atomic E-state index is 15.0. The number of aryl methyl sites for hydroxylation is 1. The van der Waals surface area contributed by atoms with Gasteiger partial charge in [-0.05, 0) is 87.2 Å². The maximum absolute atomic E-state index is 15.0. The van der Waals surface area contributed by atoms with Crippen LogP contribution in [-0.4, -0.2) is 15.8 Å². The average molecular weight is 391 g/mol. The molecule has 1 aliphatic carbocycles. The number of benzene rings is 2. The number of aromatic nitrogens is 1. The first kappa shape index (κ1) is 19.5. The van der Waals surface area contributed by atoms with E-state index in [4.69, 9.17) is 12.3 Å². The van der Waals surface area contributed by atoms with Crippen molar-refractivity contribution in [2.75, 3.05) is 5.73 Å². The predicted octanol–water partition coefficient (Wildman–Crippen LogP) is 5.98. The van der Waals surface area contributed by atoms with Gasteiger partial charge in [0.1, 0.15) is 5.82 Å². The van der Waals surface area contributed by atoms with Gasteiger partial charge in [-0.25, -0.2) is 9.24 Å². The Balaban J connectivity index is 2.07. The number of fused-ring (bicyclic) bond motifs is 1. The first-order chi connectivity index (χ1) is 13.8. The number of nitrogens with two attached hydrogens (primary N) is 1. The Kier molecular flexibility index (Phi) is 4.84. The zero-order valence-electron chi connectivity index (χ0n) is 17.1. The lowest BCUT2D eigenvalue weighted by Gasteiger charge is -2.29. The number of hydrogen-bond acceptors (Lipinski definition) is 2.